The molecule has 0 saturated heterocycles. The molecule has 0 radical (unpaired) electrons. The van der Waals surface area contributed by atoms with E-state index in [0.29, 0.717) is 5.56 Å². The van der Waals surface area contributed by atoms with Crippen molar-refractivity contribution in [1.82, 2.24) is 19.7 Å². The summed E-state index contributed by atoms with van der Waals surface area (Å²) in [4.78, 5) is 26.4. The number of aromatic nitrogens is 3. The lowest BCUT2D eigenvalue weighted by Crippen LogP contribution is -2.30. The number of likely N-dealkylation sites (N-methyl/N-ethyl adjacent to an activating group) is 1. The molecule has 8 nitrogen and oxygen atoms in total. The molecule has 1 amide bonds. The van der Waals surface area contributed by atoms with Crippen molar-refractivity contribution in [3.63, 3.8) is 0 Å². The normalized spacial score (nSPS) is 10.4. The molecule has 0 saturated carbocycles. The van der Waals surface area contributed by atoms with Crippen LogP contribution in [0.15, 0.2) is 30.6 Å². The molecule has 0 aliphatic heterocycles. The average molecular weight is 293 g/mol. The van der Waals surface area contributed by atoms with E-state index >= 15 is 0 Å². The highest BCUT2D eigenvalue weighted by molar-refractivity contribution is 5.75. The number of nitrogens with zero attached hydrogens (tertiary/aromatic N) is 5. The van der Waals surface area contributed by atoms with Gasteiger partial charge in [-0.25, -0.2) is 4.39 Å². The van der Waals surface area contributed by atoms with Crippen molar-refractivity contribution in [3.8, 4) is 0 Å². The zero-order valence-corrected chi connectivity index (χ0v) is 11.1. The van der Waals surface area contributed by atoms with Crippen LogP contribution >= 0.6 is 0 Å². The number of nitro groups is 1. The second kappa shape index (κ2) is 6.07. The maximum Gasteiger partial charge on any atom is 0.490 e. The van der Waals surface area contributed by atoms with Crippen LogP contribution in [0.5, 0.6) is 0 Å². The van der Waals surface area contributed by atoms with Gasteiger partial charge in [0, 0.05) is 24.3 Å². The minimum atomic E-state index is -0.746. The van der Waals surface area contributed by atoms with Crippen molar-refractivity contribution in [3.05, 3.63) is 52.1 Å². The summed E-state index contributed by atoms with van der Waals surface area (Å²) in [5, 5.41) is 14.0. The number of carbonyl (C=O) groups excluding carboxylic acids is 1. The quantitative estimate of drug-likeness (QED) is 0.605. The van der Waals surface area contributed by atoms with Gasteiger partial charge in [0.05, 0.1) is 0 Å². The Balaban J connectivity index is 1.99. The van der Waals surface area contributed by atoms with Gasteiger partial charge in [-0.3, -0.25) is 4.79 Å². The Morgan fingerprint density at radius 3 is 2.81 bits per heavy atom. The summed E-state index contributed by atoms with van der Waals surface area (Å²) in [5.41, 5.74) is 0.387. The fraction of sp³-hybridized carbons (Fsp3) is 0.250. The molecule has 0 unspecified atom stereocenters. The molecule has 0 atom stereocenters. The fourth-order valence-electron chi connectivity index (χ4n) is 1.67. The van der Waals surface area contributed by atoms with E-state index in [1.165, 1.54) is 18.0 Å². The van der Waals surface area contributed by atoms with E-state index in [-0.39, 0.29) is 19.0 Å². The van der Waals surface area contributed by atoms with Crippen LogP contribution in [0, 0.1) is 15.9 Å². The topological polar surface area (TPSA) is 94.2 Å². The van der Waals surface area contributed by atoms with E-state index in [9.17, 15) is 19.3 Å². The van der Waals surface area contributed by atoms with Crippen LogP contribution in [0.4, 0.5) is 10.3 Å². The molecular weight excluding hydrogens is 281 g/mol. The Hall–Kier alpha value is -2.84. The number of benzene rings is 1. The molecule has 0 aliphatic rings. The minimum Gasteiger partial charge on any atom is -0.390 e. The lowest BCUT2D eigenvalue weighted by atomic mass is 10.2. The standard InChI is InChI=1S/C12H12FN5O3/c1-16(6-9-4-2-3-5-10(9)13)11(19)7-17-8-14-12(15-17)18(20)21/h2-5,8H,6-7H2,1H3. The SMILES string of the molecule is CN(Cc1ccccc1F)C(=O)Cn1cnc([N+](=O)[O-])n1. The van der Waals surface area contributed by atoms with Crippen LogP contribution in [0.1, 0.15) is 5.56 Å². The van der Waals surface area contributed by atoms with Gasteiger partial charge in [0.15, 0.2) is 0 Å². The molecule has 1 heterocycles. The molecule has 0 bridgehead atoms. The molecule has 0 spiro atoms. The van der Waals surface area contributed by atoms with Gasteiger partial charge in [0.2, 0.25) is 12.2 Å². The molecule has 0 aliphatic carbocycles. The van der Waals surface area contributed by atoms with E-state index in [0.717, 1.165) is 11.0 Å². The lowest BCUT2D eigenvalue weighted by Gasteiger charge is -2.16. The highest BCUT2D eigenvalue weighted by Crippen LogP contribution is 2.09. The van der Waals surface area contributed by atoms with Crippen LogP contribution in [0.2, 0.25) is 0 Å². The Bertz CT molecular complexity index is 672. The lowest BCUT2D eigenvalue weighted by molar-refractivity contribution is -0.394. The summed E-state index contributed by atoms with van der Waals surface area (Å²) >= 11 is 0. The first-order valence-corrected chi connectivity index (χ1v) is 5.98. The third-order valence-corrected chi connectivity index (χ3v) is 2.78. The Labute approximate surface area is 119 Å². The second-order valence-electron chi connectivity index (χ2n) is 4.34. The molecule has 2 rings (SSSR count). The van der Waals surface area contributed by atoms with E-state index < -0.39 is 16.7 Å². The van der Waals surface area contributed by atoms with Gasteiger partial charge in [-0.05, 0) is 11.0 Å². The number of amides is 1. The van der Waals surface area contributed by atoms with Crippen molar-refractivity contribution < 1.29 is 14.1 Å². The zero-order valence-electron chi connectivity index (χ0n) is 11.1. The summed E-state index contributed by atoms with van der Waals surface area (Å²) in [7, 11) is 1.51. The third kappa shape index (κ3) is 3.59. The number of hydrogen-bond acceptors (Lipinski definition) is 5. The molecule has 0 N–H and O–H groups in total. The number of rotatable bonds is 5. The summed E-state index contributed by atoms with van der Waals surface area (Å²) in [5.74, 6) is -1.33. The van der Waals surface area contributed by atoms with Gasteiger partial charge in [-0.2, -0.15) is 4.68 Å². The van der Waals surface area contributed by atoms with Crippen molar-refractivity contribution in [1.29, 1.82) is 0 Å². The molecular formula is C12H12FN5O3. The van der Waals surface area contributed by atoms with Crippen molar-refractivity contribution in [2.45, 2.75) is 13.1 Å². The van der Waals surface area contributed by atoms with E-state index in [4.69, 9.17) is 0 Å². The number of hydrogen-bond donors (Lipinski definition) is 0. The van der Waals surface area contributed by atoms with E-state index in [1.807, 2.05) is 0 Å². The predicted molar refractivity (Wildman–Crippen MR) is 69.6 cm³/mol. The molecule has 1 aromatic heterocycles. The first-order valence-electron chi connectivity index (χ1n) is 5.98. The Kier molecular flexibility index (Phi) is 4.21. The Morgan fingerprint density at radius 1 is 1.48 bits per heavy atom. The Morgan fingerprint density at radius 2 is 2.19 bits per heavy atom. The smallest absolute Gasteiger partial charge is 0.390 e. The summed E-state index contributed by atoms with van der Waals surface area (Å²) in [6.45, 7) is -0.103. The zero-order chi connectivity index (χ0) is 15.4. The highest BCUT2D eigenvalue weighted by atomic mass is 19.1. The number of halogens is 1. The minimum absolute atomic E-state index is 0.0995. The molecule has 21 heavy (non-hydrogen) atoms. The maximum absolute atomic E-state index is 13.5. The van der Waals surface area contributed by atoms with Crippen LogP contribution in [-0.4, -0.2) is 37.5 Å². The van der Waals surface area contributed by atoms with E-state index in [2.05, 4.69) is 10.1 Å². The van der Waals surface area contributed by atoms with Gasteiger partial charge < -0.3 is 15.0 Å². The average Bonchev–Trinajstić information content (AvgIpc) is 2.90. The van der Waals surface area contributed by atoms with Gasteiger partial charge in [-0.15, -0.1) is 0 Å². The summed E-state index contributed by atoms with van der Waals surface area (Å²) in [6, 6.07) is 6.14. The van der Waals surface area contributed by atoms with Crippen molar-refractivity contribution in [2.75, 3.05) is 7.05 Å². The van der Waals surface area contributed by atoms with Gasteiger partial charge in [-0.1, -0.05) is 23.2 Å². The maximum atomic E-state index is 13.5. The van der Waals surface area contributed by atoms with Crippen LogP contribution in [0.3, 0.4) is 0 Å². The predicted octanol–water partition coefficient (Wildman–Crippen LogP) is 0.984. The highest BCUT2D eigenvalue weighted by Gasteiger charge is 2.18. The molecule has 110 valence electrons. The molecule has 0 fully saturated rings. The van der Waals surface area contributed by atoms with Crippen LogP contribution in [-0.2, 0) is 17.9 Å². The van der Waals surface area contributed by atoms with E-state index in [1.54, 1.807) is 18.2 Å². The van der Waals surface area contributed by atoms with Crippen LogP contribution < -0.4 is 0 Å². The van der Waals surface area contributed by atoms with Crippen molar-refractivity contribution >= 4 is 11.9 Å². The number of carbonyl (C=O) groups is 1. The molecule has 1 aromatic carbocycles. The van der Waals surface area contributed by atoms with Gasteiger partial charge in [0.1, 0.15) is 12.4 Å². The molecule has 9 heteroatoms. The monoisotopic (exact) mass is 293 g/mol. The first kappa shape index (κ1) is 14.6. The summed E-state index contributed by atoms with van der Waals surface area (Å²) in [6.07, 6.45) is 1.10. The van der Waals surface area contributed by atoms with Crippen molar-refractivity contribution in [2.24, 2.45) is 0 Å². The first-order chi connectivity index (χ1) is 9.97. The van der Waals surface area contributed by atoms with Gasteiger partial charge >= 0.3 is 5.95 Å². The van der Waals surface area contributed by atoms with Crippen LogP contribution in [0.25, 0.3) is 0 Å². The summed E-state index contributed by atoms with van der Waals surface area (Å²) < 4.78 is 14.6. The third-order valence-electron chi connectivity index (χ3n) is 2.78. The van der Waals surface area contributed by atoms with Gasteiger partial charge in [0.25, 0.3) is 0 Å². The fourth-order valence-corrected chi connectivity index (χ4v) is 1.67. The molecule has 2 aromatic rings. The largest absolute Gasteiger partial charge is 0.490 e. The second-order valence-corrected chi connectivity index (χ2v) is 4.34.